The summed E-state index contributed by atoms with van der Waals surface area (Å²) in [7, 11) is -3.71. The molecular formula is C24H21FN2O2S. The summed E-state index contributed by atoms with van der Waals surface area (Å²) in [4.78, 5) is 0.218. The molecule has 30 heavy (non-hydrogen) atoms. The van der Waals surface area contributed by atoms with Gasteiger partial charge >= 0.3 is 0 Å². The van der Waals surface area contributed by atoms with Gasteiger partial charge in [0.25, 0.3) is 10.0 Å². The van der Waals surface area contributed by atoms with Crippen LogP contribution in [0.15, 0.2) is 89.8 Å². The van der Waals surface area contributed by atoms with E-state index in [9.17, 15) is 12.8 Å². The summed E-state index contributed by atoms with van der Waals surface area (Å²) >= 11 is 0. The van der Waals surface area contributed by atoms with E-state index in [1.54, 1.807) is 48.5 Å². The second-order valence-electron chi connectivity index (χ2n) is 7.72. The summed E-state index contributed by atoms with van der Waals surface area (Å²) in [5.74, 6) is -0.0532. The first kappa shape index (κ1) is 18.9. The normalized spacial score (nSPS) is 22.1. The molecule has 0 saturated carbocycles. The minimum Gasteiger partial charge on any atom is -0.378 e. The number of sulfonamides is 1. The van der Waals surface area contributed by atoms with Gasteiger partial charge in [-0.05, 0) is 54.3 Å². The molecule has 0 fully saturated rings. The third-order valence-electron chi connectivity index (χ3n) is 5.91. The van der Waals surface area contributed by atoms with Crippen LogP contribution in [-0.2, 0) is 10.0 Å². The van der Waals surface area contributed by atoms with Crippen LogP contribution in [0.3, 0.4) is 0 Å². The van der Waals surface area contributed by atoms with Gasteiger partial charge in [-0.3, -0.25) is 4.72 Å². The van der Waals surface area contributed by atoms with Crippen molar-refractivity contribution in [2.75, 3.05) is 10.0 Å². The van der Waals surface area contributed by atoms with Gasteiger partial charge in [0, 0.05) is 22.9 Å². The van der Waals surface area contributed by atoms with Crippen LogP contribution < -0.4 is 10.0 Å². The van der Waals surface area contributed by atoms with Crippen LogP contribution >= 0.6 is 0 Å². The lowest BCUT2D eigenvalue weighted by molar-refractivity contribution is 0.413. The first-order valence-electron chi connectivity index (χ1n) is 9.92. The van der Waals surface area contributed by atoms with Crippen LogP contribution in [0, 0.1) is 11.7 Å². The lowest BCUT2D eigenvalue weighted by atomic mass is 9.77. The highest BCUT2D eigenvalue weighted by Crippen LogP contribution is 2.50. The molecule has 1 aliphatic heterocycles. The molecule has 0 spiro atoms. The van der Waals surface area contributed by atoms with E-state index in [-0.39, 0.29) is 28.6 Å². The lowest BCUT2D eigenvalue weighted by Crippen LogP contribution is -2.30. The Morgan fingerprint density at radius 2 is 1.70 bits per heavy atom. The average molecular weight is 421 g/mol. The van der Waals surface area contributed by atoms with Gasteiger partial charge in [0.05, 0.1) is 10.9 Å². The van der Waals surface area contributed by atoms with Crippen molar-refractivity contribution >= 4 is 21.4 Å². The van der Waals surface area contributed by atoms with E-state index in [1.807, 2.05) is 18.2 Å². The van der Waals surface area contributed by atoms with Crippen LogP contribution in [-0.4, -0.2) is 8.42 Å². The van der Waals surface area contributed by atoms with E-state index in [0.29, 0.717) is 11.3 Å². The van der Waals surface area contributed by atoms with E-state index < -0.39 is 10.0 Å². The van der Waals surface area contributed by atoms with E-state index in [0.717, 1.165) is 17.7 Å². The quantitative estimate of drug-likeness (QED) is 0.552. The number of nitrogens with one attached hydrogen (secondary N) is 2. The van der Waals surface area contributed by atoms with Gasteiger partial charge in [-0.25, -0.2) is 12.8 Å². The second kappa shape index (κ2) is 7.29. The SMILES string of the molecule is O=S(=O)(Nc1ccccc1)c1ccc2c(c1)[C@H]1C=CC[C@H]1[C@@H](c1ccccc1F)N2. The second-order valence-corrected chi connectivity index (χ2v) is 9.40. The van der Waals surface area contributed by atoms with Crippen molar-refractivity contribution in [2.24, 2.45) is 5.92 Å². The van der Waals surface area contributed by atoms with Crippen molar-refractivity contribution < 1.29 is 12.8 Å². The van der Waals surface area contributed by atoms with E-state index in [1.165, 1.54) is 6.07 Å². The van der Waals surface area contributed by atoms with Gasteiger partial charge < -0.3 is 5.32 Å². The topological polar surface area (TPSA) is 58.2 Å². The molecule has 1 aliphatic carbocycles. The van der Waals surface area contributed by atoms with E-state index in [2.05, 4.69) is 22.2 Å². The number of halogens is 1. The number of hydrogen-bond acceptors (Lipinski definition) is 3. The zero-order valence-electron chi connectivity index (χ0n) is 16.1. The maximum atomic E-state index is 14.5. The Morgan fingerprint density at radius 3 is 2.50 bits per heavy atom. The largest absolute Gasteiger partial charge is 0.378 e. The van der Waals surface area contributed by atoms with Crippen LogP contribution in [0.1, 0.15) is 29.5 Å². The number of anilines is 2. The molecule has 0 aromatic heterocycles. The molecule has 4 nitrogen and oxygen atoms in total. The Labute approximate surface area is 175 Å². The van der Waals surface area contributed by atoms with E-state index >= 15 is 0 Å². The van der Waals surface area contributed by atoms with Crippen molar-refractivity contribution in [1.82, 2.24) is 0 Å². The van der Waals surface area contributed by atoms with Crippen molar-refractivity contribution in [3.05, 3.63) is 102 Å². The van der Waals surface area contributed by atoms with Gasteiger partial charge in [-0.1, -0.05) is 48.6 Å². The molecule has 152 valence electrons. The summed E-state index contributed by atoms with van der Waals surface area (Å²) in [6.45, 7) is 0. The molecular weight excluding hydrogens is 399 g/mol. The lowest BCUT2D eigenvalue weighted by Gasteiger charge is -2.37. The van der Waals surface area contributed by atoms with Gasteiger partial charge in [-0.2, -0.15) is 0 Å². The molecule has 2 aliphatic rings. The molecule has 0 bridgehead atoms. The fraction of sp³-hybridized carbons (Fsp3) is 0.167. The molecule has 6 heteroatoms. The molecule has 0 saturated heterocycles. The highest BCUT2D eigenvalue weighted by molar-refractivity contribution is 7.92. The molecule has 0 radical (unpaired) electrons. The Kier molecular flexibility index (Phi) is 4.59. The van der Waals surface area contributed by atoms with Crippen LogP contribution in [0.2, 0.25) is 0 Å². The van der Waals surface area contributed by atoms with Crippen molar-refractivity contribution in [1.29, 1.82) is 0 Å². The third kappa shape index (κ3) is 3.27. The van der Waals surface area contributed by atoms with Gasteiger partial charge in [0.15, 0.2) is 0 Å². The summed E-state index contributed by atoms with van der Waals surface area (Å²) in [5.41, 5.74) is 2.93. The fourth-order valence-corrected chi connectivity index (χ4v) is 5.59. The summed E-state index contributed by atoms with van der Waals surface area (Å²) in [6, 6.07) is 20.6. The molecule has 3 aromatic carbocycles. The highest BCUT2D eigenvalue weighted by atomic mass is 32.2. The monoisotopic (exact) mass is 420 g/mol. The number of rotatable bonds is 4. The molecule has 5 rings (SSSR count). The summed E-state index contributed by atoms with van der Waals surface area (Å²) in [6.07, 6.45) is 5.03. The first-order chi connectivity index (χ1) is 14.5. The van der Waals surface area contributed by atoms with Crippen molar-refractivity contribution in [3.8, 4) is 0 Å². The zero-order chi connectivity index (χ0) is 20.7. The zero-order valence-corrected chi connectivity index (χ0v) is 16.9. The third-order valence-corrected chi connectivity index (χ3v) is 7.29. The standard InChI is InChI=1S/C24H21FN2O2S/c25-22-12-5-4-9-20(22)24-19-11-6-10-18(19)21-15-17(13-14-23(21)26-24)30(28,29)27-16-7-2-1-3-8-16/h1-10,12-15,18-19,24,26-27H,11H2/t18-,19+,24-/m0/s1. The predicted octanol–water partition coefficient (Wildman–Crippen LogP) is 5.45. The Morgan fingerprint density at radius 1 is 0.933 bits per heavy atom. The molecule has 0 amide bonds. The number of allylic oxidation sites excluding steroid dienone is 2. The van der Waals surface area contributed by atoms with E-state index in [4.69, 9.17) is 0 Å². The smallest absolute Gasteiger partial charge is 0.261 e. The highest BCUT2D eigenvalue weighted by Gasteiger charge is 2.39. The average Bonchev–Trinajstić information content (AvgIpc) is 3.24. The predicted molar refractivity (Wildman–Crippen MR) is 116 cm³/mol. The first-order valence-corrected chi connectivity index (χ1v) is 11.4. The van der Waals surface area contributed by atoms with Gasteiger partial charge in [0.1, 0.15) is 5.82 Å². The summed E-state index contributed by atoms with van der Waals surface area (Å²) < 4.78 is 42.9. The summed E-state index contributed by atoms with van der Waals surface area (Å²) in [5, 5.41) is 3.46. The van der Waals surface area contributed by atoms with Crippen LogP contribution in [0.25, 0.3) is 0 Å². The number of benzene rings is 3. The molecule has 1 heterocycles. The number of para-hydroxylation sites is 1. The Hall–Kier alpha value is -3.12. The maximum absolute atomic E-state index is 14.5. The molecule has 0 unspecified atom stereocenters. The Balaban J connectivity index is 1.52. The number of fused-ring (bicyclic) bond motifs is 3. The van der Waals surface area contributed by atoms with Gasteiger partial charge in [-0.15, -0.1) is 0 Å². The molecule has 3 atom stereocenters. The van der Waals surface area contributed by atoms with Crippen LogP contribution in [0.5, 0.6) is 0 Å². The van der Waals surface area contributed by atoms with Gasteiger partial charge in [0.2, 0.25) is 0 Å². The maximum Gasteiger partial charge on any atom is 0.261 e. The van der Waals surface area contributed by atoms with Crippen LogP contribution in [0.4, 0.5) is 15.8 Å². The number of hydrogen-bond donors (Lipinski definition) is 2. The van der Waals surface area contributed by atoms with Crippen molar-refractivity contribution in [2.45, 2.75) is 23.3 Å². The minimum atomic E-state index is -3.71. The van der Waals surface area contributed by atoms with Crippen molar-refractivity contribution in [3.63, 3.8) is 0 Å². The Bertz CT molecular complexity index is 1220. The fourth-order valence-electron chi connectivity index (χ4n) is 4.50. The molecule has 3 aromatic rings. The minimum absolute atomic E-state index is 0.0396. The molecule has 2 N–H and O–H groups in total.